The predicted octanol–water partition coefficient (Wildman–Crippen LogP) is -0.667. The first-order valence-electron chi connectivity index (χ1n) is 3.60. The zero-order chi connectivity index (χ0) is 9.03. The van der Waals surface area contributed by atoms with E-state index in [-0.39, 0.29) is 25.6 Å². The molecule has 3 N–H and O–H groups in total. The molecule has 0 saturated carbocycles. The van der Waals surface area contributed by atoms with Crippen LogP contribution in [0, 0.1) is 0 Å². The standard InChI is InChI=1S/C5H12N2O3S2.ClH/c6-1-3-10-12(8,9)5-7-2-4-11-5;/h5,7H,1-4,6H2;1H. The molecule has 0 amide bonds. The van der Waals surface area contributed by atoms with Crippen LogP contribution in [0.4, 0.5) is 0 Å². The third-order valence-electron chi connectivity index (χ3n) is 1.31. The number of nitrogens with two attached hydrogens (primary N) is 1. The Balaban J connectivity index is 0.00000144. The number of hydrogen-bond acceptors (Lipinski definition) is 6. The summed E-state index contributed by atoms with van der Waals surface area (Å²) in [5.41, 5.74) is 5.12. The second kappa shape index (κ2) is 6.05. The first kappa shape index (κ1) is 13.5. The Kier molecular flexibility index (Phi) is 6.27. The normalized spacial score (nSPS) is 22.7. The van der Waals surface area contributed by atoms with Crippen LogP contribution in [0.2, 0.25) is 0 Å². The van der Waals surface area contributed by atoms with Crippen molar-refractivity contribution in [3.63, 3.8) is 0 Å². The van der Waals surface area contributed by atoms with Crippen LogP contribution < -0.4 is 11.1 Å². The van der Waals surface area contributed by atoms with Crippen LogP contribution in [0.5, 0.6) is 0 Å². The maximum atomic E-state index is 11.2. The summed E-state index contributed by atoms with van der Waals surface area (Å²) in [6.07, 6.45) is 0. The molecule has 0 radical (unpaired) electrons. The highest BCUT2D eigenvalue weighted by Crippen LogP contribution is 2.20. The van der Waals surface area contributed by atoms with Gasteiger partial charge in [0.25, 0.3) is 10.1 Å². The molecule has 1 aliphatic rings. The third kappa shape index (κ3) is 4.01. The van der Waals surface area contributed by atoms with Crippen molar-refractivity contribution < 1.29 is 12.6 Å². The summed E-state index contributed by atoms with van der Waals surface area (Å²) in [4.78, 5) is 0. The van der Waals surface area contributed by atoms with E-state index in [0.717, 1.165) is 5.75 Å². The number of thioether (sulfide) groups is 1. The minimum Gasteiger partial charge on any atom is -0.328 e. The van der Waals surface area contributed by atoms with Crippen molar-refractivity contribution in [2.24, 2.45) is 5.73 Å². The van der Waals surface area contributed by atoms with E-state index in [1.54, 1.807) is 0 Å². The van der Waals surface area contributed by atoms with Gasteiger partial charge >= 0.3 is 0 Å². The first-order chi connectivity index (χ1) is 5.67. The molecule has 0 aromatic rings. The number of nitrogens with one attached hydrogen (secondary N) is 1. The van der Waals surface area contributed by atoms with E-state index in [2.05, 4.69) is 9.50 Å². The van der Waals surface area contributed by atoms with Gasteiger partial charge in [0.05, 0.1) is 6.61 Å². The lowest BCUT2D eigenvalue weighted by Crippen LogP contribution is -2.31. The van der Waals surface area contributed by atoms with Crippen LogP contribution in [0.3, 0.4) is 0 Å². The van der Waals surface area contributed by atoms with Crippen LogP contribution in [0.15, 0.2) is 0 Å². The van der Waals surface area contributed by atoms with Crippen LogP contribution in [-0.2, 0) is 14.3 Å². The van der Waals surface area contributed by atoms with Gasteiger partial charge in [-0.25, -0.2) is 0 Å². The third-order valence-corrected chi connectivity index (χ3v) is 4.52. The molecule has 1 fully saturated rings. The molecule has 1 unspecified atom stereocenters. The lowest BCUT2D eigenvalue weighted by molar-refractivity contribution is 0.324. The molecule has 5 nitrogen and oxygen atoms in total. The van der Waals surface area contributed by atoms with Gasteiger partial charge < -0.3 is 5.73 Å². The molecular weight excluding hydrogens is 236 g/mol. The summed E-state index contributed by atoms with van der Waals surface area (Å²) in [5, 5.41) is 2.81. The van der Waals surface area contributed by atoms with E-state index in [0.29, 0.717) is 6.54 Å². The average molecular weight is 249 g/mol. The van der Waals surface area contributed by atoms with E-state index >= 15 is 0 Å². The molecule has 0 spiro atoms. The van der Waals surface area contributed by atoms with E-state index in [9.17, 15) is 8.42 Å². The average Bonchev–Trinajstić information content (AvgIpc) is 2.53. The van der Waals surface area contributed by atoms with Crippen LogP contribution in [0.1, 0.15) is 0 Å². The minimum atomic E-state index is -3.45. The molecule has 8 heteroatoms. The molecule has 0 aromatic carbocycles. The molecule has 1 saturated heterocycles. The van der Waals surface area contributed by atoms with Crippen LogP contribution in [-0.4, -0.2) is 38.6 Å². The Morgan fingerprint density at radius 2 is 2.31 bits per heavy atom. The van der Waals surface area contributed by atoms with E-state index < -0.39 is 14.8 Å². The Hall–Kier alpha value is 0.470. The van der Waals surface area contributed by atoms with Crippen molar-refractivity contribution in [3.05, 3.63) is 0 Å². The molecule has 1 rings (SSSR count). The molecule has 1 aliphatic heterocycles. The maximum absolute atomic E-state index is 11.2. The van der Waals surface area contributed by atoms with Gasteiger partial charge in [0.2, 0.25) is 0 Å². The van der Waals surface area contributed by atoms with Crippen molar-refractivity contribution in [2.75, 3.05) is 25.4 Å². The lowest BCUT2D eigenvalue weighted by Gasteiger charge is -2.09. The highest BCUT2D eigenvalue weighted by molar-refractivity contribution is 8.12. The fourth-order valence-corrected chi connectivity index (χ4v) is 3.39. The summed E-state index contributed by atoms with van der Waals surface area (Å²) < 4.78 is 26.5. The zero-order valence-corrected chi connectivity index (χ0v) is 9.38. The fraction of sp³-hybridized carbons (Fsp3) is 1.00. The van der Waals surface area contributed by atoms with Crippen molar-refractivity contribution >= 4 is 34.3 Å². The molecule has 1 heterocycles. The first-order valence-corrected chi connectivity index (χ1v) is 6.12. The van der Waals surface area contributed by atoms with Gasteiger partial charge in [0.15, 0.2) is 4.71 Å². The summed E-state index contributed by atoms with van der Waals surface area (Å²) in [6, 6.07) is 0. The van der Waals surface area contributed by atoms with E-state index in [4.69, 9.17) is 5.73 Å². The van der Waals surface area contributed by atoms with Crippen molar-refractivity contribution in [1.82, 2.24) is 5.32 Å². The monoisotopic (exact) mass is 248 g/mol. The van der Waals surface area contributed by atoms with Crippen LogP contribution in [0.25, 0.3) is 0 Å². The van der Waals surface area contributed by atoms with Gasteiger partial charge in [-0.3, -0.25) is 9.50 Å². The second-order valence-electron chi connectivity index (χ2n) is 2.26. The van der Waals surface area contributed by atoms with Gasteiger partial charge in [-0.15, -0.1) is 24.2 Å². The maximum Gasteiger partial charge on any atom is 0.293 e. The van der Waals surface area contributed by atoms with Crippen molar-refractivity contribution in [1.29, 1.82) is 0 Å². The molecule has 1 atom stereocenters. The SMILES string of the molecule is Cl.NCCOS(=O)(=O)C1NCCS1. The molecule has 80 valence electrons. The number of rotatable bonds is 4. The molecule has 0 aliphatic carbocycles. The summed E-state index contributed by atoms with van der Waals surface area (Å²) in [7, 11) is -3.45. The topological polar surface area (TPSA) is 81.4 Å². The summed E-state index contributed by atoms with van der Waals surface area (Å²) in [6.45, 7) is 0.984. The Morgan fingerprint density at radius 1 is 1.62 bits per heavy atom. The molecule has 0 aromatic heterocycles. The number of halogens is 1. The summed E-state index contributed by atoms with van der Waals surface area (Å²) >= 11 is 1.33. The fourth-order valence-electron chi connectivity index (χ4n) is 0.813. The summed E-state index contributed by atoms with van der Waals surface area (Å²) in [5.74, 6) is 0.801. The zero-order valence-electron chi connectivity index (χ0n) is 6.93. The van der Waals surface area contributed by atoms with Gasteiger partial charge in [0, 0.05) is 18.8 Å². The predicted molar refractivity (Wildman–Crippen MR) is 55.4 cm³/mol. The molecular formula is C5H13ClN2O3S2. The van der Waals surface area contributed by atoms with E-state index in [1.165, 1.54) is 11.8 Å². The van der Waals surface area contributed by atoms with Crippen LogP contribution >= 0.6 is 24.2 Å². The Labute approximate surface area is 88.3 Å². The molecule has 0 bridgehead atoms. The van der Waals surface area contributed by atoms with Gasteiger partial charge in [0.1, 0.15) is 0 Å². The minimum absolute atomic E-state index is 0. The van der Waals surface area contributed by atoms with Crippen molar-refractivity contribution in [2.45, 2.75) is 4.71 Å². The van der Waals surface area contributed by atoms with E-state index in [1.807, 2.05) is 0 Å². The Bertz CT molecular complexity index is 228. The highest BCUT2D eigenvalue weighted by Gasteiger charge is 2.29. The smallest absolute Gasteiger partial charge is 0.293 e. The highest BCUT2D eigenvalue weighted by atomic mass is 35.5. The molecule has 13 heavy (non-hydrogen) atoms. The largest absolute Gasteiger partial charge is 0.328 e. The van der Waals surface area contributed by atoms with Gasteiger partial charge in [-0.2, -0.15) is 8.42 Å². The Morgan fingerprint density at radius 3 is 2.77 bits per heavy atom. The lowest BCUT2D eigenvalue weighted by atomic mass is 10.8. The number of hydrogen-bond donors (Lipinski definition) is 2. The van der Waals surface area contributed by atoms with Gasteiger partial charge in [-0.1, -0.05) is 0 Å². The quantitative estimate of drug-likeness (QED) is 0.643. The second-order valence-corrected chi connectivity index (χ2v) is 5.46. The van der Waals surface area contributed by atoms with Gasteiger partial charge in [-0.05, 0) is 0 Å². The van der Waals surface area contributed by atoms with Crippen molar-refractivity contribution in [3.8, 4) is 0 Å².